The number of rotatable bonds is 4. The van der Waals surface area contributed by atoms with Gasteiger partial charge in [0.2, 0.25) is 0 Å². The molecule has 0 unspecified atom stereocenters. The largest absolute Gasteiger partial charge is 0.341 e. The molecule has 0 saturated heterocycles. The fraction of sp³-hybridized carbons (Fsp3) is 0.105. The highest BCUT2D eigenvalue weighted by Gasteiger charge is 2.08. The number of halogens is 1. The van der Waals surface area contributed by atoms with Gasteiger partial charge in [-0.3, -0.25) is 4.68 Å². The van der Waals surface area contributed by atoms with Crippen LogP contribution >= 0.6 is 11.6 Å². The number of aryl methyl sites for hydroxylation is 1. The maximum atomic E-state index is 5.93. The lowest BCUT2D eigenvalue weighted by molar-refractivity contribution is 0.687. The van der Waals surface area contributed by atoms with Crippen LogP contribution in [0.25, 0.3) is 22.8 Å². The minimum absolute atomic E-state index is 0.689. The van der Waals surface area contributed by atoms with E-state index in [1.54, 1.807) is 6.20 Å². The van der Waals surface area contributed by atoms with Crippen molar-refractivity contribution >= 4 is 11.6 Å². The Morgan fingerprint density at radius 1 is 1.04 bits per heavy atom. The molecule has 0 atom stereocenters. The molecule has 6 heteroatoms. The molecule has 0 radical (unpaired) electrons. The number of nitrogens with zero attached hydrogens (tertiary/aromatic N) is 4. The molecule has 0 aliphatic carbocycles. The molecular formula is C19H16ClN5. The Morgan fingerprint density at radius 2 is 1.84 bits per heavy atom. The van der Waals surface area contributed by atoms with Gasteiger partial charge in [-0.05, 0) is 36.8 Å². The van der Waals surface area contributed by atoms with Crippen molar-refractivity contribution in [3.05, 3.63) is 77.3 Å². The zero-order valence-electron chi connectivity index (χ0n) is 13.6. The molecule has 3 aromatic heterocycles. The van der Waals surface area contributed by atoms with Gasteiger partial charge in [-0.25, -0.2) is 9.97 Å². The van der Waals surface area contributed by atoms with Gasteiger partial charge < -0.3 is 4.98 Å². The maximum absolute atomic E-state index is 5.93. The minimum Gasteiger partial charge on any atom is -0.341 e. The SMILES string of the molecule is Cc1cnc(-c2cccc(-c3cnn(Cc4ccc(Cl)cc4)c3)n2)[nH]1. The highest BCUT2D eigenvalue weighted by atomic mass is 35.5. The lowest BCUT2D eigenvalue weighted by Gasteiger charge is -2.02. The number of imidazole rings is 1. The Morgan fingerprint density at radius 3 is 2.60 bits per heavy atom. The number of hydrogen-bond acceptors (Lipinski definition) is 3. The van der Waals surface area contributed by atoms with E-state index < -0.39 is 0 Å². The first-order chi connectivity index (χ1) is 12.2. The minimum atomic E-state index is 0.689. The third-order valence-electron chi connectivity index (χ3n) is 3.88. The van der Waals surface area contributed by atoms with Gasteiger partial charge in [-0.1, -0.05) is 29.8 Å². The van der Waals surface area contributed by atoms with Crippen molar-refractivity contribution in [2.24, 2.45) is 0 Å². The first-order valence-electron chi connectivity index (χ1n) is 7.94. The van der Waals surface area contributed by atoms with Gasteiger partial charge >= 0.3 is 0 Å². The quantitative estimate of drug-likeness (QED) is 0.596. The summed E-state index contributed by atoms with van der Waals surface area (Å²) in [6.07, 6.45) is 5.62. The van der Waals surface area contributed by atoms with Gasteiger partial charge in [0.15, 0.2) is 5.82 Å². The predicted octanol–water partition coefficient (Wildman–Crippen LogP) is 4.35. The van der Waals surface area contributed by atoms with Crippen LogP contribution in [-0.2, 0) is 6.54 Å². The summed E-state index contributed by atoms with van der Waals surface area (Å²) in [5.74, 6) is 0.771. The first kappa shape index (κ1) is 15.6. The summed E-state index contributed by atoms with van der Waals surface area (Å²) in [6, 6.07) is 13.7. The monoisotopic (exact) mass is 349 g/mol. The van der Waals surface area contributed by atoms with Gasteiger partial charge in [-0.2, -0.15) is 5.10 Å². The Kier molecular flexibility index (Phi) is 4.07. The number of aromatic nitrogens is 5. The summed E-state index contributed by atoms with van der Waals surface area (Å²) < 4.78 is 1.89. The average molecular weight is 350 g/mol. The van der Waals surface area contributed by atoms with Crippen LogP contribution in [0.5, 0.6) is 0 Å². The van der Waals surface area contributed by atoms with E-state index in [4.69, 9.17) is 16.6 Å². The summed E-state index contributed by atoms with van der Waals surface area (Å²) in [5.41, 5.74) is 4.81. The van der Waals surface area contributed by atoms with Gasteiger partial charge in [0, 0.05) is 28.7 Å². The number of pyridine rings is 1. The van der Waals surface area contributed by atoms with Crippen LogP contribution in [0.1, 0.15) is 11.3 Å². The average Bonchev–Trinajstić information content (AvgIpc) is 3.26. The summed E-state index contributed by atoms with van der Waals surface area (Å²) in [7, 11) is 0. The molecule has 0 amide bonds. The maximum Gasteiger partial charge on any atom is 0.156 e. The Labute approximate surface area is 150 Å². The molecular weight excluding hydrogens is 334 g/mol. The standard InChI is InChI=1S/C19H16ClN5/c1-13-9-21-19(23-13)18-4-2-3-17(24-18)15-10-22-25(12-15)11-14-5-7-16(20)8-6-14/h2-10,12H,11H2,1H3,(H,21,23). The molecule has 25 heavy (non-hydrogen) atoms. The summed E-state index contributed by atoms with van der Waals surface area (Å²) in [4.78, 5) is 12.2. The van der Waals surface area contributed by atoms with Crippen molar-refractivity contribution in [2.45, 2.75) is 13.5 Å². The summed E-state index contributed by atoms with van der Waals surface area (Å²) in [5, 5.41) is 5.17. The van der Waals surface area contributed by atoms with E-state index in [2.05, 4.69) is 15.1 Å². The lowest BCUT2D eigenvalue weighted by Crippen LogP contribution is -1.99. The highest BCUT2D eigenvalue weighted by molar-refractivity contribution is 6.30. The Bertz CT molecular complexity index is 1000. The van der Waals surface area contributed by atoms with Gasteiger partial charge in [-0.15, -0.1) is 0 Å². The van der Waals surface area contributed by atoms with Crippen molar-refractivity contribution in [1.29, 1.82) is 0 Å². The smallest absolute Gasteiger partial charge is 0.156 e. The van der Waals surface area contributed by atoms with E-state index in [1.165, 1.54) is 0 Å². The van der Waals surface area contributed by atoms with E-state index in [-0.39, 0.29) is 0 Å². The Hall–Kier alpha value is -2.92. The topological polar surface area (TPSA) is 59.4 Å². The molecule has 5 nitrogen and oxygen atoms in total. The van der Waals surface area contributed by atoms with Crippen LogP contribution < -0.4 is 0 Å². The third kappa shape index (κ3) is 3.46. The molecule has 0 bridgehead atoms. The van der Waals surface area contributed by atoms with Crippen molar-refractivity contribution in [1.82, 2.24) is 24.7 Å². The van der Waals surface area contributed by atoms with E-state index in [0.717, 1.165) is 39.1 Å². The normalized spacial score (nSPS) is 11.0. The second-order valence-electron chi connectivity index (χ2n) is 5.88. The summed E-state index contributed by atoms with van der Waals surface area (Å²) >= 11 is 5.93. The molecule has 0 spiro atoms. The molecule has 0 aliphatic rings. The second-order valence-corrected chi connectivity index (χ2v) is 6.31. The van der Waals surface area contributed by atoms with Crippen molar-refractivity contribution in [3.8, 4) is 22.8 Å². The molecule has 0 fully saturated rings. The molecule has 3 heterocycles. The van der Waals surface area contributed by atoms with Crippen molar-refractivity contribution < 1.29 is 0 Å². The van der Waals surface area contributed by atoms with Crippen molar-refractivity contribution in [2.75, 3.05) is 0 Å². The fourth-order valence-corrected chi connectivity index (χ4v) is 2.76. The van der Waals surface area contributed by atoms with E-state index in [1.807, 2.05) is 66.5 Å². The van der Waals surface area contributed by atoms with Crippen LogP contribution in [0, 0.1) is 6.92 Å². The Balaban J connectivity index is 1.58. The van der Waals surface area contributed by atoms with Crippen LogP contribution in [0.15, 0.2) is 61.1 Å². The first-order valence-corrected chi connectivity index (χ1v) is 8.31. The fourth-order valence-electron chi connectivity index (χ4n) is 2.63. The molecule has 124 valence electrons. The van der Waals surface area contributed by atoms with E-state index >= 15 is 0 Å². The highest BCUT2D eigenvalue weighted by Crippen LogP contribution is 2.21. The van der Waals surface area contributed by atoms with Crippen LogP contribution in [0.4, 0.5) is 0 Å². The lowest BCUT2D eigenvalue weighted by atomic mass is 10.2. The molecule has 0 saturated carbocycles. The number of aromatic amines is 1. The van der Waals surface area contributed by atoms with Gasteiger partial charge in [0.05, 0.1) is 18.4 Å². The molecule has 1 N–H and O–H groups in total. The van der Waals surface area contributed by atoms with E-state index in [0.29, 0.717) is 6.54 Å². The van der Waals surface area contributed by atoms with Crippen molar-refractivity contribution in [3.63, 3.8) is 0 Å². The molecule has 1 aromatic carbocycles. The van der Waals surface area contributed by atoms with Crippen LogP contribution in [-0.4, -0.2) is 24.7 Å². The van der Waals surface area contributed by atoms with Gasteiger partial charge in [0.25, 0.3) is 0 Å². The number of H-pyrrole nitrogens is 1. The van der Waals surface area contributed by atoms with Gasteiger partial charge in [0.1, 0.15) is 5.69 Å². The van der Waals surface area contributed by atoms with Crippen LogP contribution in [0.2, 0.25) is 5.02 Å². The third-order valence-corrected chi connectivity index (χ3v) is 4.13. The second kappa shape index (κ2) is 6.53. The van der Waals surface area contributed by atoms with E-state index in [9.17, 15) is 0 Å². The predicted molar refractivity (Wildman–Crippen MR) is 98.3 cm³/mol. The molecule has 4 aromatic rings. The van der Waals surface area contributed by atoms with Crippen LogP contribution in [0.3, 0.4) is 0 Å². The number of hydrogen-bond donors (Lipinski definition) is 1. The molecule has 0 aliphatic heterocycles. The number of benzene rings is 1. The zero-order valence-corrected chi connectivity index (χ0v) is 14.4. The summed E-state index contributed by atoms with van der Waals surface area (Å²) in [6.45, 7) is 2.66. The number of nitrogens with one attached hydrogen (secondary N) is 1. The zero-order chi connectivity index (χ0) is 17.2. The molecule has 4 rings (SSSR count).